The number of carbonyl (C=O) groups is 1. The highest BCUT2D eigenvalue weighted by atomic mass is 35.5. The molecule has 1 aromatic rings. The zero-order valence-electron chi connectivity index (χ0n) is 10.6. The second kappa shape index (κ2) is 6.47. The molecule has 104 valence electrons. The van der Waals surface area contributed by atoms with E-state index in [4.69, 9.17) is 11.6 Å². The molecule has 1 atom stereocenters. The van der Waals surface area contributed by atoms with Gasteiger partial charge in [0.2, 0.25) is 0 Å². The summed E-state index contributed by atoms with van der Waals surface area (Å²) in [5.74, 6) is -1.28. The summed E-state index contributed by atoms with van der Waals surface area (Å²) in [7, 11) is 1.50. The van der Waals surface area contributed by atoms with Crippen molar-refractivity contribution in [2.75, 3.05) is 13.6 Å². The Hall–Kier alpha value is -1.69. The van der Waals surface area contributed by atoms with Gasteiger partial charge in [-0.3, -0.25) is 14.9 Å². The van der Waals surface area contributed by atoms with Gasteiger partial charge in [-0.2, -0.15) is 0 Å². The van der Waals surface area contributed by atoms with E-state index >= 15 is 0 Å². The van der Waals surface area contributed by atoms with Gasteiger partial charge in [-0.1, -0.05) is 0 Å². The molecule has 0 spiro atoms. The van der Waals surface area contributed by atoms with Gasteiger partial charge in [0.15, 0.2) is 0 Å². The van der Waals surface area contributed by atoms with E-state index in [1.165, 1.54) is 11.9 Å². The summed E-state index contributed by atoms with van der Waals surface area (Å²) < 4.78 is 13.1. The molecule has 0 aliphatic rings. The van der Waals surface area contributed by atoms with Crippen molar-refractivity contribution < 1.29 is 14.1 Å². The molecule has 7 heteroatoms. The molecule has 0 N–H and O–H groups in total. The molecule has 0 aliphatic carbocycles. The van der Waals surface area contributed by atoms with Crippen molar-refractivity contribution in [3.63, 3.8) is 0 Å². The molecule has 0 saturated carbocycles. The first-order valence-corrected chi connectivity index (χ1v) is 6.10. The van der Waals surface area contributed by atoms with Crippen LogP contribution in [0.1, 0.15) is 23.7 Å². The molecule has 0 heterocycles. The van der Waals surface area contributed by atoms with Crippen molar-refractivity contribution in [2.24, 2.45) is 0 Å². The van der Waals surface area contributed by atoms with Crippen LogP contribution >= 0.6 is 11.6 Å². The highest BCUT2D eigenvalue weighted by molar-refractivity contribution is 6.20. The Kier molecular flexibility index (Phi) is 5.23. The number of halogens is 2. The van der Waals surface area contributed by atoms with Crippen LogP contribution in [0, 0.1) is 15.9 Å². The molecule has 5 nitrogen and oxygen atoms in total. The van der Waals surface area contributed by atoms with E-state index in [1.807, 2.05) is 0 Å². The van der Waals surface area contributed by atoms with Crippen LogP contribution in [0.3, 0.4) is 0 Å². The number of carbonyl (C=O) groups excluding carboxylic acids is 1. The number of benzene rings is 1. The summed E-state index contributed by atoms with van der Waals surface area (Å²) in [6, 6.07) is 2.82. The minimum atomic E-state index is -0.704. The molecule has 19 heavy (non-hydrogen) atoms. The first-order valence-electron chi connectivity index (χ1n) is 5.66. The van der Waals surface area contributed by atoms with Crippen molar-refractivity contribution >= 4 is 23.2 Å². The van der Waals surface area contributed by atoms with E-state index in [0.717, 1.165) is 18.2 Å². The summed E-state index contributed by atoms with van der Waals surface area (Å²) in [6.45, 7) is 2.13. The Morgan fingerprint density at radius 2 is 2.21 bits per heavy atom. The predicted molar refractivity (Wildman–Crippen MR) is 69.9 cm³/mol. The Morgan fingerprint density at radius 3 is 2.74 bits per heavy atom. The molecular formula is C12H14ClFN2O3. The van der Waals surface area contributed by atoms with Crippen molar-refractivity contribution in [1.29, 1.82) is 0 Å². The van der Waals surface area contributed by atoms with Gasteiger partial charge in [-0.25, -0.2) is 4.39 Å². The van der Waals surface area contributed by atoms with Gasteiger partial charge in [0.05, 0.1) is 4.92 Å². The second-order valence-corrected chi connectivity index (χ2v) is 4.96. The molecule has 0 bridgehead atoms. The van der Waals surface area contributed by atoms with Crippen LogP contribution in [0.25, 0.3) is 0 Å². The van der Waals surface area contributed by atoms with Crippen LogP contribution < -0.4 is 0 Å². The van der Waals surface area contributed by atoms with E-state index in [9.17, 15) is 19.3 Å². The Bertz CT molecular complexity index is 494. The third-order valence-corrected chi connectivity index (χ3v) is 2.81. The van der Waals surface area contributed by atoms with E-state index < -0.39 is 22.3 Å². The average molecular weight is 289 g/mol. The number of rotatable bonds is 5. The fourth-order valence-corrected chi connectivity index (χ4v) is 1.62. The fourth-order valence-electron chi connectivity index (χ4n) is 1.52. The van der Waals surface area contributed by atoms with Crippen LogP contribution in [0.4, 0.5) is 10.1 Å². The minimum Gasteiger partial charge on any atom is -0.341 e. The van der Waals surface area contributed by atoms with Crippen molar-refractivity contribution in [1.82, 2.24) is 4.90 Å². The van der Waals surface area contributed by atoms with Crippen molar-refractivity contribution in [2.45, 2.75) is 18.7 Å². The lowest BCUT2D eigenvalue weighted by atomic mass is 10.1. The predicted octanol–water partition coefficient (Wildman–Crippen LogP) is 2.82. The van der Waals surface area contributed by atoms with Gasteiger partial charge in [0, 0.05) is 25.0 Å². The lowest BCUT2D eigenvalue weighted by Gasteiger charge is -2.17. The lowest BCUT2D eigenvalue weighted by Crippen LogP contribution is -2.29. The highest BCUT2D eigenvalue weighted by Crippen LogP contribution is 2.21. The third kappa shape index (κ3) is 4.17. The zero-order chi connectivity index (χ0) is 14.6. The maximum atomic E-state index is 13.1. The number of alkyl halides is 1. The Morgan fingerprint density at radius 1 is 1.58 bits per heavy atom. The van der Waals surface area contributed by atoms with Gasteiger partial charge in [-0.05, 0) is 25.5 Å². The van der Waals surface area contributed by atoms with Crippen LogP contribution in [-0.2, 0) is 0 Å². The molecule has 1 aromatic carbocycles. The number of hydrogen-bond acceptors (Lipinski definition) is 3. The third-order valence-electron chi connectivity index (χ3n) is 2.59. The maximum absolute atomic E-state index is 13.1. The molecule has 1 unspecified atom stereocenters. The van der Waals surface area contributed by atoms with Crippen molar-refractivity contribution in [3.05, 3.63) is 39.7 Å². The number of hydrogen-bond donors (Lipinski definition) is 0. The minimum absolute atomic E-state index is 0.113. The van der Waals surface area contributed by atoms with Gasteiger partial charge in [0.25, 0.3) is 11.6 Å². The van der Waals surface area contributed by atoms with E-state index in [0.29, 0.717) is 13.0 Å². The monoisotopic (exact) mass is 288 g/mol. The molecule has 0 aliphatic heterocycles. The molecular weight excluding hydrogens is 275 g/mol. The molecule has 0 fully saturated rings. The van der Waals surface area contributed by atoms with Crippen LogP contribution in [0.2, 0.25) is 0 Å². The summed E-state index contributed by atoms with van der Waals surface area (Å²) in [5.41, 5.74) is -0.660. The van der Waals surface area contributed by atoms with Crippen LogP contribution in [0.5, 0.6) is 0 Å². The quantitative estimate of drug-likeness (QED) is 0.475. The van der Waals surface area contributed by atoms with Crippen LogP contribution in [0.15, 0.2) is 18.2 Å². The highest BCUT2D eigenvalue weighted by Gasteiger charge is 2.23. The molecule has 1 amide bonds. The Balaban J connectivity index is 2.98. The molecule has 1 rings (SSSR count). The van der Waals surface area contributed by atoms with Gasteiger partial charge in [0.1, 0.15) is 11.4 Å². The largest absolute Gasteiger partial charge is 0.341 e. The molecule has 0 saturated heterocycles. The van der Waals surface area contributed by atoms with Crippen molar-refractivity contribution in [3.8, 4) is 0 Å². The maximum Gasteiger partial charge on any atom is 0.282 e. The normalized spacial score (nSPS) is 12.0. The number of nitrogens with zero attached hydrogens (tertiary/aromatic N) is 2. The summed E-state index contributed by atoms with van der Waals surface area (Å²) in [6.07, 6.45) is 0.549. The van der Waals surface area contributed by atoms with Gasteiger partial charge in [-0.15, -0.1) is 11.6 Å². The first kappa shape index (κ1) is 15.4. The topological polar surface area (TPSA) is 63.5 Å². The summed E-state index contributed by atoms with van der Waals surface area (Å²) in [5, 5.41) is 10.7. The van der Waals surface area contributed by atoms with Gasteiger partial charge < -0.3 is 4.90 Å². The number of amides is 1. The zero-order valence-corrected chi connectivity index (χ0v) is 11.4. The summed E-state index contributed by atoms with van der Waals surface area (Å²) in [4.78, 5) is 23.5. The second-order valence-electron chi connectivity index (χ2n) is 4.21. The Labute approximate surface area is 115 Å². The number of nitro groups is 1. The number of nitro benzene ring substituents is 1. The fraction of sp³-hybridized carbons (Fsp3) is 0.417. The van der Waals surface area contributed by atoms with E-state index in [1.54, 1.807) is 6.92 Å². The van der Waals surface area contributed by atoms with E-state index in [2.05, 4.69) is 0 Å². The molecule has 0 aromatic heterocycles. The lowest BCUT2D eigenvalue weighted by molar-refractivity contribution is -0.385. The first-order chi connectivity index (χ1) is 8.82. The summed E-state index contributed by atoms with van der Waals surface area (Å²) >= 11 is 5.77. The van der Waals surface area contributed by atoms with Crippen LogP contribution in [-0.4, -0.2) is 34.7 Å². The SMILES string of the molecule is CC(Cl)CCN(C)C(=O)c1cc(F)ccc1[N+](=O)[O-]. The smallest absolute Gasteiger partial charge is 0.282 e. The van der Waals surface area contributed by atoms with E-state index in [-0.39, 0.29) is 10.9 Å². The molecule has 0 radical (unpaired) electrons. The standard InChI is InChI=1S/C12H14ClFN2O3/c1-8(13)5-6-15(2)12(17)10-7-9(14)3-4-11(10)16(18)19/h3-4,7-8H,5-6H2,1-2H3. The average Bonchev–Trinajstić information content (AvgIpc) is 2.34. The van der Waals surface area contributed by atoms with Gasteiger partial charge >= 0.3 is 0 Å².